The molecule has 1 fully saturated rings. The van der Waals surface area contributed by atoms with Crippen LogP contribution in [0.4, 0.5) is 5.69 Å². The Kier molecular flexibility index (Phi) is 4.01. The smallest absolute Gasteiger partial charge is 0.272 e. The van der Waals surface area contributed by atoms with Gasteiger partial charge in [0.25, 0.3) is 5.91 Å². The van der Waals surface area contributed by atoms with Gasteiger partial charge in [-0.25, -0.2) is 0 Å². The molecule has 0 aliphatic carbocycles. The second-order valence-electron chi connectivity index (χ2n) is 5.49. The number of carbonyl (C=O) groups excluding carboxylic acids is 1. The summed E-state index contributed by atoms with van der Waals surface area (Å²) in [5.41, 5.74) is 2.48. The van der Waals surface area contributed by atoms with Crippen LogP contribution < -0.4 is 10.6 Å². The summed E-state index contributed by atoms with van der Waals surface area (Å²) in [5, 5.41) is 6.28. The molecular formula is C16H20N4O. The van der Waals surface area contributed by atoms with Crippen LogP contribution in [-0.4, -0.2) is 28.5 Å². The Morgan fingerprint density at radius 2 is 2.19 bits per heavy atom. The average molecular weight is 284 g/mol. The van der Waals surface area contributed by atoms with Crippen LogP contribution in [0, 0.1) is 6.92 Å². The summed E-state index contributed by atoms with van der Waals surface area (Å²) in [4.78, 5) is 16.6. The first-order chi connectivity index (χ1) is 10.2. The fourth-order valence-corrected chi connectivity index (χ4v) is 2.81. The van der Waals surface area contributed by atoms with Crippen LogP contribution in [0.5, 0.6) is 0 Å². The topological polar surface area (TPSA) is 59.0 Å². The zero-order chi connectivity index (χ0) is 14.7. The molecule has 3 heterocycles. The van der Waals surface area contributed by atoms with Crippen LogP contribution >= 0.6 is 0 Å². The Morgan fingerprint density at radius 3 is 2.95 bits per heavy atom. The third-order valence-electron chi connectivity index (χ3n) is 3.85. The quantitative estimate of drug-likeness (QED) is 0.909. The summed E-state index contributed by atoms with van der Waals surface area (Å²) < 4.78 is 2.10. The van der Waals surface area contributed by atoms with Crippen LogP contribution in [0.3, 0.4) is 0 Å². The lowest BCUT2D eigenvalue weighted by Gasteiger charge is -2.25. The molecule has 0 atom stereocenters. The zero-order valence-electron chi connectivity index (χ0n) is 12.2. The zero-order valence-corrected chi connectivity index (χ0v) is 12.2. The van der Waals surface area contributed by atoms with E-state index in [0.717, 1.165) is 37.2 Å². The molecule has 5 heteroatoms. The molecule has 110 valence electrons. The Labute approximate surface area is 124 Å². The molecule has 21 heavy (non-hydrogen) atoms. The van der Waals surface area contributed by atoms with Crippen molar-refractivity contribution in [2.45, 2.75) is 25.8 Å². The van der Waals surface area contributed by atoms with Gasteiger partial charge in [-0.3, -0.25) is 9.78 Å². The van der Waals surface area contributed by atoms with Crippen molar-refractivity contribution in [2.24, 2.45) is 0 Å². The fraction of sp³-hybridized carbons (Fsp3) is 0.375. The van der Waals surface area contributed by atoms with E-state index in [0.29, 0.717) is 11.7 Å². The second kappa shape index (κ2) is 6.10. The Bertz CT molecular complexity index is 629. The predicted octanol–water partition coefficient (Wildman–Crippen LogP) is 2.37. The molecule has 1 saturated heterocycles. The van der Waals surface area contributed by atoms with Crippen molar-refractivity contribution in [3.63, 3.8) is 0 Å². The van der Waals surface area contributed by atoms with E-state index < -0.39 is 0 Å². The van der Waals surface area contributed by atoms with E-state index in [2.05, 4.69) is 20.2 Å². The third-order valence-corrected chi connectivity index (χ3v) is 3.85. The molecule has 2 N–H and O–H groups in total. The van der Waals surface area contributed by atoms with E-state index in [4.69, 9.17) is 0 Å². The highest BCUT2D eigenvalue weighted by Crippen LogP contribution is 2.22. The van der Waals surface area contributed by atoms with Crippen LogP contribution in [0.25, 0.3) is 0 Å². The van der Waals surface area contributed by atoms with Crippen molar-refractivity contribution in [1.82, 2.24) is 14.9 Å². The van der Waals surface area contributed by atoms with E-state index in [1.54, 1.807) is 12.4 Å². The largest absolute Gasteiger partial charge is 0.340 e. The summed E-state index contributed by atoms with van der Waals surface area (Å²) in [6.07, 6.45) is 7.55. The molecule has 1 aliphatic rings. The summed E-state index contributed by atoms with van der Waals surface area (Å²) >= 11 is 0. The van der Waals surface area contributed by atoms with Gasteiger partial charge in [0, 0.05) is 18.4 Å². The lowest BCUT2D eigenvalue weighted by molar-refractivity contribution is 0.101. The number of anilines is 1. The summed E-state index contributed by atoms with van der Waals surface area (Å²) in [6.45, 7) is 3.97. The molecule has 0 bridgehead atoms. The molecule has 2 aromatic heterocycles. The van der Waals surface area contributed by atoms with Gasteiger partial charge >= 0.3 is 0 Å². The highest BCUT2D eigenvalue weighted by atomic mass is 16.1. The summed E-state index contributed by atoms with van der Waals surface area (Å²) in [5.74, 6) is -0.0778. The van der Waals surface area contributed by atoms with Crippen molar-refractivity contribution >= 4 is 11.6 Å². The molecule has 0 radical (unpaired) electrons. The van der Waals surface area contributed by atoms with E-state index in [-0.39, 0.29) is 5.91 Å². The van der Waals surface area contributed by atoms with Crippen molar-refractivity contribution in [3.05, 3.63) is 48.0 Å². The molecular weight excluding hydrogens is 264 g/mol. The first-order valence-electron chi connectivity index (χ1n) is 7.34. The number of aryl methyl sites for hydroxylation is 1. The Morgan fingerprint density at radius 1 is 1.38 bits per heavy atom. The van der Waals surface area contributed by atoms with Gasteiger partial charge < -0.3 is 15.2 Å². The van der Waals surface area contributed by atoms with Crippen molar-refractivity contribution in [2.75, 3.05) is 18.4 Å². The molecule has 5 nitrogen and oxygen atoms in total. The molecule has 0 aromatic carbocycles. The van der Waals surface area contributed by atoms with Crippen molar-refractivity contribution < 1.29 is 4.79 Å². The first kappa shape index (κ1) is 13.8. The van der Waals surface area contributed by atoms with Gasteiger partial charge in [0.15, 0.2) is 0 Å². The monoisotopic (exact) mass is 284 g/mol. The van der Waals surface area contributed by atoms with Gasteiger partial charge in [-0.05, 0) is 56.6 Å². The van der Waals surface area contributed by atoms with Crippen molar-refractivity contribution in [3.8, 4) is 0 Å². The molecule has 3 rings (SSSR count). The van der Waals surface area contributed by atoms with E-state index in [1.165, 1.54) is 0 Å². The van der Waals surface area contributed by atoms with Gasteiger partial charge in [0.1, 0.15) is 5.69 Å². The van der Waals surface area contributed by atoms with Gasteiger partial charge in [-0.15, -0.1) is 0 Å². The standard InChI is InChI=1S/C16H20N4O/c1-12-9-13(11-18-10-12)19-16(21)15-3-2-8-20(15)14-4-6-17-7-5-14/h2-3,8-11,14,17H,4-7H2,1H3,(H,19,21). The maximum Gasteiger partial charge on any atom is 0.272 e. The predicted molar refractivity (Wildman–Crippen MR) is 82.5 cm³/mol. The molecule has 2 aromatic rings. The number of rotatable bonds is 3. The van der Waals surface area contributed by atoms with Gasteiger partial charge in [-0.2, -0.15) is 0 Å². The maximum atomic E-state index is 12.5. The van der Waals surface area contributed by atoms with Crippen LogP contribution in [0.1, 0.15) is 34.9 Å². The minimum atomic E-state index is -0.0778. The van der Waals surface area contributed by atoms with E-state index >= 15 is 0 Å². The third kappa shape index (κ3) is 3.13. The summed E-state index contributed by atoms with van der Waals surface area (Å²) in [7, 11) is 0. The van der Waals surface area contributed by atoms with E-state index in [9.17, 15) is 4.79 Å². The second-order valence-corrected chi connectivity index (χ2v) is 5.49. The first-order valence-corrected chi connectivity index (χ1v) is 7.34. The molecule has 1 amide bonds. The van der Waals surface area contributed by atoms with Crippen molar-refractivity contribution in [1.29, 1.82) is 0 Å². The number of pyridine rings is 1. The fourth-order valence-electron chi connectivity index (χ4n) is 2.81. The molecule has 0 saturated carbocycles. The molecule has 1 aliphatic heterocycles. The highest BCUT2D eigenvalue weighted by molar-refractivity contribution is 6.03. The SMILES string of the molecule is Cc1cncc(NC(=O)c2cccn2C2CCNCC2)c1. The lowest BCUT2D eigenvalue weighted by atomic mass is 10.1. The minimum Gasteiger partial charge on any atom is -0.340 e. The maximum absolute atomic E-state index is 12.5. The van der Waals surface area contributed by atoms with E-state index in [1.807, 2.05) is 31.3 Å². The number of nitrogens with one attached hydrogen (secondary N) is 2. The van der Waals surface area contributed by atoms with Gasteiger partial charge in [0.05, 0.1) is 11.9 Å². The number of amides is 1. The number of carbonyl (C=O) groups is 1. The van der Waals surface area contributed by atoms with Gasteiger partial charge in [0.2, 0.25) is 0 Å². The lowest BCUT2D eigenvalue weighted by Crippen LogP contribution is -2.31. The van der Waals surface area contributed by atoms with Crippen LogP contribution in [-0.2, 0) is 0 Å². The number of aromatic nitrogens is 2. The Hall–Kier alpha value is -2.14. The summed E-state index contributed by atoms with van der Waals surface area (Å²) in [6, 6.07) is 6.13. The molecule has 0 spiro atoms. The number of hydrogen-bond donors (Lipinski definition) is 2. The number of piperidine rings is 1. The highest BCUT2D eigenvalue weighted by Gasteiger charge is 2.19. The number of hydrogen-bond acceptors (Lipinski definition) is 3. The average Bonchev–Trinajstić information content (AvgIpc) is 2.98. The van der Waals surface area contributed by atoms with Crippen LogP contribution in [0.2, 0.25) is 0 Å². The number of nitrogens with zero attached hydrogens (tertiary/aromatic N) is 2. The Balaban J connectivity index is 1.77. The van der Waals surface area contributed by atoms with Gasteiger partial charge in [-0.1, -0.05) is 0 Å². The molecule has 0 unspecified atom stereocenters. The normalized spacial score (nSPS) is 15.9. The van der Waals surface area contributed by atoms with Crippen LogP contribution in [0.15, 0.2) is 36.8 Å². The minimum absolute atomic E-state index is 0.0778.